The number of thioether (sulfide) groups is 1. The lowest BCUT2D eigenvalue weighted by molar-refractivity contribution is 0.627. The van der Waals surface area contributed by atoms with E-state index in [-0.39, 0.29) is 0 Å². The minimum Gasteiger partial charge on any atom is -0.398 e. The van der Waals surface area contributed by atoms with Crippen LogP contribution in [0.2, 0.25) is 0 Å². The van der Waals surface area contributed by atoms with Gasteiger partial charge in [-0.3, -0.25) is 4.68 Å². The van der Waals surface area contributed by atoms with Crippen LogP contribution in [-0.4, -0.2) is 9.78 Å². The number of aromatic nitrogens is 2. The van der Waals surface area contributed by atoms with Crippen molar-refractivity contribution in [1.29, 1.82) is 0 Å². The molecule has 5 heteroatoms. The van der Waals surface area contributed by atoms with Crippen molar-refractivity contribution < 1.29 is 0 Å². The highest BCUT2D eigenvalue weighted by atomic mass is 79.9. The molecule has 2 rings (SSSR count). The molecule has 0 bridgehead atoms. The largest absolute Gasteiger partial charge is 0.398 e. The Hall–Kier alpha value is -0.940. The Morgan fingerprint density at radius 1 is 1.35 bits per heavy atom. The van der Waals surface area contributed by atoms with Crippen molar-refractivity contribution in [3.8, 4) is 0 Å². The van der Waals surface area contributed by atoms with Gasteiger partial charge in [0.15, 0.2) is 0 Å². The second-order valence-electron chi connectivity index (χ2n) is 4.65. The van der Waals surface area contributed by atoms with Crippen LogP contribution < -0.4 is 5.73 Å². The maximum atomic E-state index is 6.13. The quantitative estimate of drug-likeness (QED) is 0.639. The number of rotatable bonds is 5. The van der Waals surface area contributed by atoms with Gasteiger partial charge in [-0.15, -0.1) is 11.8 Å². The second-order valence-corrected chi connectivity index (χ2v) is 6.46. The van der Waals surface area contributed by atoms with Crippen molar-refractivity contribution in [2.24, 2.45) is 0 Å². The molecule has 1 aromatic heterocycles. The van der Waals surface area contributed by atoms with Crippen molar-refractivity contribution in [2.45, 2.75) is 44.4 Å². The summed E-state index contributed by atoms with van der Waals surface area (Å²) >= 11 is 5.45. The normalized spacial score (nSPS) is 11.0. The lowest BCUT2D eigenvalue weighted by Gasteiger charge is -2.09. The van der Waals surface area contributed by atoms with Crippen molar-refractivity contribution in [2.75, 3.05) is 5.73 Å². The summed E-state index contributed by atoms with van der Waals surface area (Å²) < 4.78 is 3.21. The Labute approximate surface area is 133 Å². The molecular weight excluding hydrogens is 334 g/mol. The number of anilines is 1. The molecule has 2 N–H and O–H groups in total. The van der Waals surface area contributed by atoms with Crippen molar-refractivity contribution in [3.05, 3.63) is 39.6 Å². The molecule has 1 aromatic carbocycles. The molecule has 1 heterocycles. The van der Waals surface area contributed by atoms with Gasteiger partial charge in [0.25, 0.3) is 0 Å². The predicted octanol–water partition coefficient (Wildman–Crippen LogP) is 4.41. The molecular formula is C15H20BrN3S. The molecule has 0 radical (unpaired) electrons. The lowest BCUT2D eigenvalue weighted by atomic mass is 10.2. The predicted molar refractivity (Wildman–Crippen MR) is 90.1 cm³/mol. The van der Waals surface area contributed by atoms with Crippen LogP contribution in [-0.2, 0) is 18.7 Å². The fourth-order valence-electron chi connectivity index (χ4n) is 2.08. The molecule has 0 spiro atoms. The zero-order chi connectivity index (χ0) is 14.7. The van der Waals surface area contributed by atoms with Crippen LogP contribution in [0.25, 0.3) is 0 Å². The number of hydrogen-bond donors (Lipinski definition) is 1. The van der Waals surface area contributed by atoms with Gasteiger partial charge in [-0.2, -0.15) is 5.10 Å². The number of nitrogens with two attached hydrogens (primary N) is 1. The number of benzene rings is 1. The Morgan fingerprint density at radius 3 is 2.75 bits per heavy atom. The van der Waals surface area contributed by atoms with E-state index >= 15 is 0 Å². The third-order valence-corrected chi connectivity index (χ3v) is 5.34. The van der Waals surface area contributed by atoms with Crippen molar-refractivity contribution in [3.63, 3.8) is 0 Å². The molecule has 108 valence electrons. The van der Waals surface area contributed by atoms with E-state index in [1.54, 1.807) is 11.8 Å². The highest BCUT2D eigenvalue weighted by Gasteiger charge is 2.14. The molecule has 3 nitrogen and oxygen atoms in total. The first-order valence-electron chi connectivity index (χ1n) is 6.80. The highest BCUT2D eigenvalue weighted by molar-refractivity contribution is 9.10. The first kappa shape index (κ1) is 15.4. The summed E-state index contributed by atoms with van der Waals surface area (Å²) in [6.07, 6.45) is 0.942. The van der Waals surface area contributed by atoms with E-state index in [1.165, 1.54) is 5.69 Å². The van der Waals surface area contributed by atoms with Gasteiger partial charge >= 0.3 is 0 Å². The maximum Gasteiger partial charge on any atom is 0.0767 e. The summed E-state index contributed by atoms with van der Waals surface area (Å²) in [5.41, 5.74) is 10.5. The molecule has 0 fully saturated rings. The summed E-state index contributed by atoms with van der Waals surface area (Å²) in [6.45, 7) is 7.18. The number of aryl methyl sites for hydroxylation is 3. The number of nitrogen functional groups attached to an aromatic ring is 1. The number of para-hydroxylation sites is 1. The fourth-order valence-corrected chi connectivity index (χ4v) is 4.05. The summed E-state index contributed by atoms with van der Waals surface area (Å²) in [6, 6.07) is 6.17. The van der Waals surface area contributed by atoms with Gasteiger partial charge in [-0.05, 0) is 47.8 Å². The summed E-state index contributed by atoms with van der Waals surface area (Å²) in [7, 11) is 0. The van der Waals surface area contributed by atoms with E-state index in [4.69, 9.17) is 5.73 Å². The van der Waals surface area contributed by atoms with Gasteiger partial charge in [0.2, 0.25) is 0 Å². The van der Waals surface area contributed by atoms with Crippen molar-refractivity contribution >= 4 is 33.4 Å². The third kappa shape index (κ3) is 3.04. The Balaban J connectivity index is 2.22. The SMILES string of the molecule is CCc1nn(CC)c(CSc2cccc(C)c2N)c1Br. The monoisotopic (exact) mass is 353 g/mol. The molecule has 0 aliphatic carbocycles. The summed E-state index contributed by atoms with van der Waals surface area (Å²) in [4.78, 5) is 1.14. The fraction of sp³-hybridized carbons (Fsp3) is 0.400. The standard InChI is InChI=1S/C15H20BrN3S/c1-4-11-14(16)12(19(5-2)18-11)9-20-13-8-6-7-10(3)15(13)17/h6-8H,4-5,9,17H2,1-3H3. The average molecular weight is 354 g/mol. The number of nitrogens with zero attached hydrogens (tertiary/aromatic N) is 2. The van der Waals surface area contributed by atoms with Gasteiger partial charge in [0, 0.05) is 22.9 Å². The topological polar surface area (TPSA) is 43.8 Å². The number of halogens is 1. The minimum absolute atomic E-state index is 0.870. The van der Waals surface area contributed by atoms with Crippen molar-refractivity contribution in [1.82, 2.24) is 9.78 Å². The van der Waals surface area contributed by atoms with Gasteiger partial charge < -0.3 is 5.73 Å². The van der Waals surface area contributed by atoms with E-state index in [0.717, 1.165) is 45.0 Å². The second kappa shape index (κ2) is 6.68. The molecule has 0 saturated carbocycles. The molecule has 0 atom stereocenters. The first-order valence-corrected chi connectivity index (χ1v) is 8.58. The van der Waals surface area contributed by atoms with E-state index in [1.807, 2.05) is 13.0 Å². The van der Waals surface area contributed by atoms with E-state index in [9.17, 15) is 0 Å². The highest BCUT2D eigenvalue weighted by Crippen LogP contribution is 2.33. The van der Waals surface area contributed by atoms with Gasteiger partial charge in [-0.25, -0.2) is 0 Å². The van der Waals surface area contributed by atoms with Gasteiger partial charge in [0.1, 0.15) is 0 Å². The average Bonchev–Trinajstić information content (AvgIpc) is 2.76. The Bertz CT molecular complexity index is 607. The molecule has 0 amide bonds. The zero-order valence-corrected chi connectivity index (χ0v) is 14.5. The van der Waals surface area contributed by atoms with Crippen LogP contribution in [0.5, 0.6) is 0 Å². The van der Waals surface area contributed by atoms with E-state index in [0.29, 0.717) is 0 Å². The minimum atomic E-state index is 0.870. The van der Waals surface area contributed by atoms with Crippen LogP contribution >= 0.6 is 27.7 Å². The number of hydrogen-bond acceptors (Lipinski definition) is 3. The van der Waals surface area contributed by atoms with Gasteiger partial charge in [-0.1, -0.05) is 19.1 Å². The molecule has 0 aliphatic heterocycles. The maximum absolute atomic E-state index is 6.13. The van der Waals surface area contributed by atoms with Crippen LogP contribution in [0, 0.1) is 6.92 Å². The van der Waals surface area contributed by atoms with E-state index in [2.05, 4.69) is 51.7 Å². The summed E-state index contributed by atoms with van der Waals surface area (Å²) in [5.74, 6) is 0.870. The zero-order valence-electron chi connectivity index (χ0n) is 12.1. The molecule has 0 aliphatic rings. The third-order valence-electron chi connectivity index (χ3n) is 3.34. The molecule has 0 saturated heterocycles. The van der Waals surface area contributed by atoms with Crippen LogP contribution in [0.4, 0.5) is 5.69 Å². The van der Waals surface area contributed by atoms with Crippen LogP contribution in [0.1, 0.15) is 30.8 Å². The molecule has 20 heavy (non-hydrogen) atoms. The molecule has 0 unspecified atom stereocenters. The Kier molecular flexibility index (Phi) is 5.16. The van der Waals surface area contributed by atoms with Crippen LogP contribution in [0.3, 0.4) is 0 Å². The molecule has 2 aromatic rings. The summed E-state index contributed by atoms with van der Waals surface area (Å²) in [5, 5.41) is 4.62. The van der Waals surface area contributed by atoms with E-state index < -0.39 is 0 Å². The Morgan fingerprint density at radius 2 is 2.10 bits per heavy atom. The van der Waals surface area contributed by atoms with Crippen LogP contribution in [0.15, 0.2) is 27.6 Å². The smallest absolute Gasteiger partial charge is 0.0767 e. The van der Waals surface area contributed by atoms with Gasteiger partial charge in [0.05, 0.1) is 15.9 Å². The first-order chi connectivity index (χ1) is 9.58. The lowest BCUT2D eigenvalue weighted by Crippen LogP contribution is -2.02.